The molecule has 1 aromatic carbocycles. The Morgan fingerprint density at radius 1 is 1.31 bits per heavy atom. The smallest absolute Gasteiger partial charge is 0.128 e. The number of aryl methyl sites for hydroxylation is 1. The summed E-state index contributed by atoms with van der Waals surface area (Å²) in [6, 6.07) is 7.52. The van der Waals surface area contributed by atoms with Crippen LogP contribution in [-0.2, 0) is 6.42 Å². The van der Waals surface area contributed by atoms with E-state index in [0.29, 0.717) is 16.4 Å². The van der Waals surface area contributed by atoms with Crippen molar-refractivity contribution in [2.75, 3.05) is 5.73 Å². The van der Waals surface area contributed by atoms with E-state index in [0.717, 1.165) is 17.8 Å². The molecular weight excluding hydrogens is 222 g/mol. The highest BCUT2D eigenvalue weighted by atomic mass is 35.5. The fourth-order valence-corrected chi connectivity index (χ4v) is 1.69. The summed E-state index contributed by atoms with van der Waals surface area (Å²) in [5, 5.41) is 0.648. The Labute approximate surface area is 99.3 Å². The molecule has 0 fully saturated rings. The van der Waals surface area contributed by atoms with Gasteiger partial charge < -0.3 is 5.73 Å². The Morgan fingerprint density at radius 3 is 2.75 bits per heavy atom. The molecule has 16 heavy (non-hydrogen) atoms. The minimum absolute atomic E-state index is 0.547. The third-order valence-corrected chi connectivity index (χ3v) is 2.64. The summed E-state index contributed by atoms with van der Waals surface area (Å²) in [4.78, 5) is 8.53. The number of hydrogen-bond acceptors (Lipinski definition) is 3. The first-order valence-electron chi connectivity index (χ1n) is 5.08. The number of benzene rings is 1. The van der Waals surface area contributed by atoms with E-state index in [1.165, 1.54) is 0 Å². The molecule has 1 aromatic heterocycles. The molecule has 2 aromatic rings. The minimum atomic E-state index is 0.547. The van der Waals surface area contributed by atoms with Crippen LogP contribution in [0, 0.1) is 0 Å². The summed E-state index contributed by atoms with van der Waals surface area (Å²) in [7, 11) is 0. The number of nitrogens with two attached hydrogens (primary N) is 1. The van der Waals surface area contributed by atoms with Crippen molar-refractivity contribution in [2.45, 2.75) is 13.3 Å². The Morgan fingerprint density at radius 2 is 2.06 bits per heavy atom. The van der Waals surface area contributed by atoms with Gasteiger partial charge in [0.25, 0.3) is 0 Å². The van der Waals surface area contributed by atoms with Crippen LogP contribution in [-0.4, -0.2) is 9.97 Å². The monoisotopic (exact) mass is 233 g/mol. The summed E-state index contributed by atoms with van der Waals surface area (Å²) < 4.78 is 0. The molecular formula is C12H12ClN3. The van der Waals surface area contributed by atoms with Gasteiger partial charge in [-0.3, -0.25) is 0 Å². The number of rotatable bonds is 2. The first-order chi connectivity index (χ1) is 7.72. The second kappa shape index (κ2) is 4.49. The molecule has 0 spiro atoms. The summed E-state index contributed by atoms with van der Waals surface area (Å²) in [5.74, 6) is 0.768. The van der Waals surface area contributed by atoms with Gasteiger partial charge in [0.1, 0.15) is 5.82 Å². The molecule has 3 nitrogen and oxygen atoms in total. The Bertz CT molecular complexity index is 511. The van der Waals surface area contributed by atoms with Crippen LogP contribution in [0.4, 0.5) is 5.69 Å². The number of aromatic nitrogens is 2. The average Bonchev–Trinajstić information content (AvgIpc) is 2.31. The second-order valence-electron chi connectivity index (χ2n) is 3.42. The van der Waals surface area contributed by atoms with E-state index in [2.05, 4.69) is 9.97 Å². The lowest BCUT2D eigenvalue weighted by Gasteiger charge is -2.07. The molecule has 82 valence electrons. The van der Waals surface area contributed by atoms with Crippen LogP contribution >= 0.6 is 11.6 Å². The van der Waals surface area contributed by atoms with Crippen molar-refractivity contribution in [3.8, 4) is 11.3 Å². The maximum absolute atomic E-state index is 6.11. The average molecular weight is 234 g/mol. The van der Waals surface area contributed by atoms with Crippen molar-refractivity contribution in [3.05, 3.63) is 41.3 Å². The highest BCUT2D eigenvalue weighted by Crippen LogP contribution is 2.29. The number of halogens is 1. The number of nitrogen functional groups attached to an aromatic ring is 1. The molecule has 0 aliphatic heterocycles. The molecule has 0 amide bonds. The maximum Gasteiger partial charge on any atom is 0.128 e. The van der Waals surface area contributed by atoms with Crippen molar-refractivity contribution in [1.82, 2.24) is 9.97 Å². The number of hydrogen-bond donors (Lipinski definition) is 1. The highest BCUT2D eigenvalue weighted by molar-refractivity contribution is 6.33. The van der Waals surface area contributed by atoms with Crippen molar-refractivity contribution in [3.63, 3.8) is 0 Å². The van der Waals surface area contributed by atoms with Gasteiger partial charge >= 0.3 is 0 Å². The maximum atomic E-state index is 6.11. The summed E-state index contributed by atoms with van der Waals surface area (Å²) >= 11 is 6.11. The number of nitrogens with zero attached hydrogens (tertiary/aromatic N) is 2. The third kappa shape index (κ3) is 1.99. The molecule has 2 rings (SSSR count). The Balaban J connectivity index is 2.59. The van der Waals surface area contributed by atoms with Crippen LogP contribution in [0.5, 0.6) is 0 Å². The van der Waals surface area contributed by atoms with E-state index < -0.39 is 0 Å². The molecule has 0 unspecified atom stereocenters. The van der Waals surface area contributed by atoms with E-state index in [-0.39, 0.29) is 0 Å². The predicted octanol–water partition coefficient (Wildman–Crippen LogP) is 2.94. The molecule has 0 saturated carbocycles. The van der Waals surface area contributed by atoms with Crippen molar-refractivity contribution < 1.29 is 0 Å². The summed E-state index contributed by atoms with van der Waals surface area (Å²) in [6.07, 6.45) is 2.40. The summed E-state index contributed by atoms with van der Waals surface area (Å²) in [6.45, 7) is 2.00. The van der Waals surface area contributed by atoms with Gasteiger partial charge in [0.05, 0.1) is 22.6 Å². The van der Waals surface area contributed by atoms with Crippen LogP contribution in [0.3, 0.4) is 0 Å². The minimum Gasteiger partial charge on any atom is -0.396 e. The van der Waals surface area contributed by atoms with Crippen LogP contribution in [0.25, 0.3) is 11.3 Å². The fraction of sp³-hybridized carbons (Fsp3) is 0.167. The lowest BCUT2D eigenvalue weighted by molar-refractivity contribution is 0.945. The second-order valence-corrected chi connectivity index (χ2v) is 3.83. The normalized spacial score (nSPS) is 10.4. The van der Waals surface area contributed by atoms with E-state index in [9.17, 15) is 0 Å². The lowest BCUT2D eigenvalue weighted by Crippen LogP contribution is -2.00. The molecule has 0 atom stereocenters. The first-order valence-corrected chi connectivity index (χ1v) is 5.46. The zero-order valence-corrected chi connectivity index (χ0v) is 9.70. The van der Waals surface area contributed by atoms with Crippen molar-refractivity contribution in [2.24, 2.45) is 0 Å². The van der Waals surface area contributed by atoms with Crippen LogP contribution in [0.1, 0.15) is 12.7 Å². The quantitative estimate of drug-likeness (QED) is 0.868. The number of anilines is 1. The zero-order valence-electron chi connectivity index (χ0n) is 8.94. The Hall–Kier alpha value is -1.61. The van der Waals surface area contributed by atoms with Gasteiger partial charge in [0, 0.05) is 12.0 Å². The van der Waals surface area contributed by atoms with E-state index in [1.807, 2.05) is 31.2 Å². The highest BCUT2D eigenvalue weighted by Gasteiger charge is 2.09. The molecule has 4 heteroatoms. The SMILES string of the molecule is CCc1ncc(N)c(-c2ccccc2Cl)n1. The molecule has 0 aliphatic carbocycles. The van der Waals surface area contributed by atoms with E-state index in [1.54, 1.807) is 6.20 Å². The molecule has 0 saturated heterocycles. The lowest BCUT2D eigenvalue weighted by atomic mass is 10.1. The van der Waals surface area contributed by atoms with Gasteiger partial charge in [-0.05, 0) is 6.07 Å². The van der Waals surface area contributed by atoms with E-state index >= 15 is 0 Å². The largest absolute Gasteiger partial charge is 0.396 e. The van der Waals surface area contributed by atoms with Gasteiger partial charge in [-0.15, -0.1) is 0 Å². The van der Waals surface area contributed by atoms with Crippen LogP contribution in [0.2, 0.25) is 5.02 Å². The first kappa shape index (κ1) is 10.9. The third-order valence-electron chi connectivity index (χ3n) is 2.31. The molecule has 2 N–H and O–H groups in total. The summed E-state index contributed by atoms with van der Waals surface area (Å²) in [5.41, 5.74) is 7.96. The molecule has 0 aliphatic rings. The van der Waals surface area contributed by atoms with Gasteiger partial charge in [-0.1, -0.05) is 36.7 Å². The van der Waals surface area contributed by atoms with E-state index in [4.69, 9.17) is 17.3 Å². The van der Waals surface area contributed by atoms with Crippen LogP contribution in [0.15, 0.2) is 30.5 Å². The van der Waals surface area contributed by atoms with Gasteiger partial charge in [-0.25, -0.2) is 9.97 Å². The topological polar surface area (TPSA) is 51.8 Å². The van der Waals surface area contributed by atoms with Crippen molar-refractivity contribution >= 4 is 17.3 Å². The van der Waals surface area contributed by atoms with Crippen LogP contribution < -0.4 is 5.73 Å². The molecule has 1 heterocycles. The van der Waals surface area contributed by atoms with Crippen molar-refractivity contribution in [1.29, 1.82) is 0 Å². The van der Waals surface area contributed by atoms with Gasteiger partial charge in [0.2, 0.25) is 0 Å². The van der Waals surface area contributed by atoms with Gasteiger partial charge in [-0.2, -0.15) is 0 Å². The predicted molar refractivity (Wildman–Crippen MR) is 66.3 cm³/mol. The molecule has 0 radical (unpaired) electrons. The Kier molecular flexibility index (Phi) is 3.06. The molecule has 0 bridgehead atoms. The standard InChI is InChI=1S/C12H12ClN3/c1-2-11-15-7-10(14)12(16-11)8-5-3-4-6-9(8)13/h3-7H,2,14H2,1H3. The van der Waals surface area contributed by atoms with Gasteiger partial charge in [0.15, 0.2) is 0 Å². The zero-order chi connectivity index (χ0) is 11.5. The fourth-order valence-electron chi connectivity index (χ4n) is 1.47.